The average molecular weight is 733 g/mol. The summed E-state index contributed by atoms with van der Waals surface area (Å²) in [6, 6.07) is 30.0. The second kappa shape index (κ2) is 10.1. The zero-order valence-electron chi connectivity index (χ0n) is 20.2. The lowest BCUT2D eigenvalue weighted by Crippen LogP contribution is -1.88. The molecule has 184 valence electrons. The molecule has 3 nitrogen and oxygen atoms in total. The monoisotopic (exact) mass is 733 g/mol. The van der Waals surface area contributed by atoms with Crippen LogP contribution < -0.4 is 0 Å². The average Bonchev–Trinajstić information content (AvgIpc) is 3.77. The lowest BCUT2D eigenvalue weighted by Gasteiger charge is -2.04. The molecule has 1 N–H and O–H groups in total. The van der Waals surface area contributed by atoms with Crippen molar-refractivity contribution in [1.29, 1.82) is 0 Å². The highest BCUT2D eigenvalue weighted by Gasteiger charge is 2.18. The topological polar surface area (TPSA) is 41.6 Å². The summed E-state index contributed by atoms with van der Waals surface area (Å²) < 4.78 is 4.79. The minimum Gasteiger partial charge on any atom is -0.354 e. The van der Waals surface area contributed by atoms with E-state index < -0.39 is 0 Å². The van der Waals surface area contributed by atoms with Crippen molar-refractivity contribution in [3.8, 4) is 22.3 Å². The van der Waals surface area contributed by atoms with E-state index in [0.717, 1.165) is 50.2 Å². The molecule has 0 amide bonds. The first-order valence-corrected chi connectivity index (χ1v) is 15.4. The van der Waals surface area contributed by atoms with Crippen molar-refractivity contribution >= 4 is 89.1 Å². The smallest absolute Gasteiger partial charge is 0.0792 e. The third kappa shape index (κ3) is 4.32. The van der Waals surface area contributed by atoms with E-state index in [9.17, 15) is 0 Å². The molecule has 38 heavy (non-hydrogen) atoms. The second-order valence-corrected chi connectivity index (χ2v) is 12.5. The van der Waals surface area contributed by atoms with Gasteiger partial charge in [0, 0.05) is 26.0 Å². The predicted octanol–water partition coefficient (Wildman–Crippen LogP) is 9.55. The van der Waals surface area contributed by atoms with Crippen LogP contribution in [0.15, 0.2) is 84.9 Å². The lowest BCUT2D eigenvalue weighted by atomic mass is 10.0. The number of nitrogens with one attached hydrogen (secondary N) is 1. The fourth-order valence-corrected chi connectivity index (χ4v) is 7.67. The van der Waals surface area contributed by atoms with E-state index in [1.807, 2.05) is 11.3 Å². The molecule has 0 spiro atoms. The number of rotatable bonds is 2. The number of benzene rings is 2. The highest BCUT2D eigenvalue weighted by molar-refractivity contribution is 14.1. The standard InChI is InChI=1S/C32H21I2N3S/c33-31-24-14-11-21(35-24)29(19-7-3-1-4-8-19)22-12-16-26(36-22)32(34)28-18-17-27(38-28)30(20-9-5-2-6-10-20)23-13-15-25(31)37-23/h1-11,13-15,17-18,35H,12,16H2. The summed E-state index contributed by atoms with van der Waals surface area (Å²) in [6.07, 6.45) is 6.15. The Bertz CT molecular complexity index is 1890. The number of hydrogen-bond donors (Lipinski definition) is 1. The van der Waals surface area contributed by atoms with Gasteiger partial charge in [0.25, 0.3) is 0 Å². The zero-order chi connectivity index (χ0) is 25.6. The molecule has 2 aliphatic heterocycles. The largest absolute Gasteiger partial charge is 0.354 e. The number of thiophene rings is 1. The van der Waals surface area contributed by atoms with Crippen molar-refractivity contribution in [3.05, 3.63) is 115 Å². The third-order valence-corrected chi connectivity index (χ3v) is 10.7. The van der Waals surface area contributed by atoms with Gasteiger partial charge in [-0.2, -0.15) is 0 Å². The highest BCUT2D eigenvalue weighted by Crippen LogP contribution is 2.37. The Labute approximate surface area is 252 Å². The summed E-state index contributed by atoms with van der Waals surface area (Å²) >= 11 is 6.73. The van der Waals surface area contributed by atoms with Gasteiger partial charge in [-0.25, -0.2) is 4.98 Å². The quantitative estimate of drug-likeness (QED) is 0.180. The molecular formula is C32H21I2N3S. The van der Waals surface area contributed by atoms with E-state index in [0.29, 0.717) is 0 Å². The molecule has 0 aliphatic carbocycles. The van der Waals surface area contributed by atoms with Gasteiger partial charge < -0.3 is 4.98 Å². The number of nitrogens with zero attached hydrogens (tertiary/aromatic N) is 2. The lowest BCUT2D eigenvalue weighted by molar-refractivity contribution is 1.02. The summed E-state index contributed by atoms with van der Waals surface area (Å²) in [4.78, 5) is 14.1. The molecule has 5 heterocycles. The van der Waals surface area contributed by atoms with E-state index in [1.54, 1.807) is 0 Å². The summed E-state index contributed by atoms with van der Waals surface area (Å²) in [5.74, 6) is 0. The van der Waals surface area contributed by atoms with Crippen molar-refractivity contribution < 1.29 is 0 Å². The Balaban J connectivity index is 1.63. The van der Waals surface area contributed by atoms with Crippen LogP contribution in [0.5, 0.6) is 0 Å². The fraction of sp³-hybridized carbons (Fsp3) is 0.0625. The van der Waals surface area contributed by atoms with Gasteiger partial charge in [-0.3, -0.25) is 4.98 Å². The Morgan fingerprint density at radius 3 is 1.97 bits per heavy atom. The summed E-state index contributed by atoms with van der Waals surface area (Å²) in [7, 11) is 0. The fourth-order valence-electron chi connectivity index (χ4n) is 5.12. The normalized spacial score (nSPS) is 12.7. The van der Waals surface area contributed by atoms with Crippen LogP contribution in [0.1, 0.15) is 22.8 Å². The Morgan fingerprint density at radius 1 is 0.579 bits per heavy atom. The van der Waals surface area contributed by atoms with Crippen LogP contribution in [-0.4, -0.2) is 15.0 Å². The number of aryl methyl sites for hydroxylation is 2. The molecule has 5 aromatic rings. The highest BCUT2D eigenvalue weighted by atomic mass is 127. The van der Waals surface area contributed by atoms with Gasteiger partial charge in [0.1, 0.15) is 0 Å². The van der Waals surface area contributed by atoms with Gasteiger partial charge in [-0.1, -0.05) is 60.7 Å². The summed E-state index contributed by atoms with van der Waals surface area (Å²) in [6.45, 7) is 0. The van der Waals surface area contributed by atoms with E-state index in [2.05, 4.69) is 147 Å². The molecule has 0 fully saturated rings. The van der Waals surface area contributed by atoms with Crippen molar-refractivity contribution in [2.75, 3.05) is 0 Å². The maximum absolute atomic E-state index is 5.24. The molecule has 0 atom stereocenters. The SMILES string of the molecule is Ic1c2nc(c(-c3ccccc3)c3ccc(s3)c(I)c3nc(c(-c4ccccc4)c4ccc1[nH]4)CC3)C=C2. The van der Waals surface area contributed by atoms with E-state index in [1.165, 1.54) is 35.2 Å². The van der Waals surface area contributed by atoms with Crippen molar-refractivity contribution in [1.82, 2.24) is 15.0 Å². The van der Waals surface area contributed by atoms with Gasteiger partial charge in [0.15, 0.2) is 0 Å². The molecule has 7 rings (SSSR count). The van der Waals surface area contributed by atoms with E-state index in [-0.39, 0.29) is 0 Å². The van der Waals surface area contributed by atoms with Crippen LogP contribution in [-0.2, 0) is 12.8 Å². The second-order valence-electron chi connectivity index (χ2n) is 9.28. The van der Waals surface area contributed by atoms with Crippen LogP contribution in [0, 0.1) is 7.14 Å². The minimum atomic E-state index is 0.925. The predicted molar refractivity (Wildman–Crippen MR) is 177 cm³/mol. The zero-order valence-corrected chi connectivity index (χ0v) is 25.3. The van der Waals surface area contributed by atoms with Crippen molar-refractivity contribution in [2.45, 2.75) is 12.8 Å². The van der Waals surface area contributed by atoms with Gasteiger partial charge in [-0.05, 0) is 106 Å². The molecule has 2 aliphatic rings. The van der Waals surface area contributed by atoms with Gasteiger partial charge in [-0.15, -0.1) is 11.3 Å². The first-order chi connectivity index (χ1) is 18.7. The van der Waals surface area contributed by atoms with Crippen molar-refractivity contribution in [3.63, 3.8) is 0 Å². The number of aromatic amines is 1. The number of halogens is 2. The molecule has 2 aromatic carbocycles. The van der Waals surface area contributed by atoms with E-state index >= 15 is 0 Å². The third-order valence-electron chi connectivity index (χ3n) is 6.92. The maximum Gasteiger partial charge on any atom is 0.0792 e. The number of fused-ring (bicyclic) bond motifs is 8. The molecule has 6 heteroatoms. The summed E-state index contributed by atoms with van der Waals surface area (Å²) in [5.41, 5.74) is 11.1. The minimum absolute atomic E-state index is 0.925. The molecule has 0 saturated carbocycles. The van der Waals surface area contributed by atoms with Crippen molar-refractivity contribution in [2.24, 2.45) is 0 Å². The van der Waals surface area contributed by atoms with Crippen LogP contribution in [0.25, 0.3) is 54.8 Å². The van der Waals surface area contributed by atoms with E-state index in [4.69, 9.17) is 9.97 Å². The Kier molecular flexibility index (Phi) is 6.41. The molecule has 0 saturated heterocycles. The van der Waals surface area contributed by atoms with Gasteiger partial charge >= 0.3 is 0 Å². The molecular weight excluding hydrogens is 712 g/mol. The van der Waals surface area contributed by atoms with Crippen LogP contribution in [0.4, 0.5) is 0 Å². The van der Waals surface area contributed by atoms with Crippen LogP contribution in [0.3, 0.4) is 0 Å². The molecule has 8 bridgehead atoms. The number of H-pyrrole nitrogens is 1. The Hall–Kier alpha value is -2.82. The van der Waals surface area contributed by atoms with Gasteiger partial charge in [0.05, 0.1) is 35.4 Å². The number of aromatic nitrogens is 3. The first kappa shape index (κ1) is 24.2. The van der Waals surface area contributed by atoms with Gasteiger partial charge in [0.2, 0.25) is 0 Å². The summed E-state index contributed by atoms with van der Waals surface area (Å²) in [5, 5.41) is 0. The number of hydrogen-bond acceptors (Lipinski definition) is 3. The molecule has 3 aromatic heterocycles. The van der Waals surface area contributed by atoms with Crippen LogP contribution >= 0.6 is 56.5 Å². The molecule has 0 radical (unpaired) electrons. The Morgan fingerprint density at radius 2 is 1.21 bits per heavy atom. The van der Waals surface area contributed by atoms with Crippen LogP contribution in [0.2, 0.25) is 0 Å². The first-order valence-electron chi connectivity index (χ1n) is 12.4. The maximum atomic E-state index is 5.24. The molecule has 0 unspecified atom stereocenters.